The Bertz CT molecular complexity index is 1050. The molecule has 1 aromatic carbocycles. The highest BCUT2D eigenvalue weighted by molar-refractivity contribution is 7.84. The summed E-state index contributed by atoms with van der Waals surface area (Å²) < 4.78 is 79.6. The summed E-state index contributed by atoms with van der Waals surface area (Å²) in [5.74, 6) is -4.29. The number of hydrogen-bond acceptors (Lipinski definition) is 3. The number of carbonyl (C=O) groups excluding carboxylic acids is 1. The van der Waals surface area contributed by atoms with Gasteiger partial charge in [-0.3, -0.25) is 9.00 Å². The van der Waals surface area contributed by atoms with Crippen molar-refractivity contribution in [3.63, 3.8) is 0 Å². The minimum absolute atomic E-state index is 0.0327. The fourth-order valence-electron chi connectivity index (χ4n) is 3.76. The second-order valence-electron chi connectivity index (χ2n) is 7.69. The van der Waals surface area contributed by atoms with Crippen LogP contribution in [0.2, 0.25) is 5.02 Å². The maximum atomic E-state index is 13.8. The average molecular weight is 495 g/mol. The van der Waals surface area contributed by atoms with Crippen LogP contribution in [0.15, 0.2) is 35.5 Å². The molecule has 1 fully saturated rings. The number of pyridine rings is 1. The summed E-state index contributed by atoms with van der Waals surface area (Å²) in [7, 11) is -1.41. The number of amides is 1. The lowest BCUT2D eigenvalue weighted by Crippen LogP contribution is -2.19. The molecule has 1 heterocycles. The number of halogens is 6. The molecule has 0 bridgehead atoms. The molecule has 1 saturated carbocycles. The Morgan fingerprint density at radius 2 is 1.94 bits per heavy atom. The molecular formula is C21H20ClF5N2O2S. The average Bonchev–Trinajstić information content (AvgIpc) is 2.87. The van der Waals surface area contributed by atoms with Crippen molar-refractivity contribution in [1.82, 2.24) is 4.98 Å². The molecular weight excluding hydrogens is 475 g/mol. The lowest BCUT2D eigenvalue weighted by atomic mass is 9.86. The Morgan fingerprint density at radius 3 is 2.59 bits per heavy atom. The second kappa shape index (κ2) is 9.43. The monoisotopic (exact) mass is 494 g/mol. The highest BCUT2D eigenvalue weighted by Gasteiger charge is 2.38. The van der Waals surface area contributed by atoms with Gasteiger partial charge < -0.3 is 5.32 Å². The third kappa shape index (κ3) is 5.83. The Kier molecular flexibility index (Phi) is 7.24. The Balaban J connectivity index is 2.02. The van der Waals surface area contributed by atoms with Gasteiger partial charge in [0.15, 0.2) is 0 Å². The van der Waals surface area contributed by atoms with Gasteiger partial charge in [0.25, 0.3) is 5.91 Å². The molecule has 0 aliphatic heterocycles. The van der Waals surface area contributed by atoms with Gasteiger partial charge in [0, 0.05) is 36.5 Å². The van der Waals surface area contributed by atoms with E-state index in [1.54, 1.807) is 0 Å². The molecule has 1 aliphatic rings. The number of aromatic nitrogens is 1. The van der Waals surface area contributed by atoms with E-state index in [9.17, 15) is 31.0 Å². The summed E-state index contributed by atoms with van der Waals surface area (Å²) >= 11 is 5.85. The zero-order valence-corrected chi connectivity index (χ0v) is 18.5. The summed E-state index contributed by atoms with van der Waals surface area (Å²) in [4.78, 5) is 16.9. The van der Waals surface area contributed by atoms with Gasteiger partial charge in [-0.25, -0.2) is 13.8 Å². The van der Waals surface area contributed by atoms with Crippen LogP contribution in [-0.2, 0) is 17.0 Å². The van der Waals surface area contributed by atoms with Gasteiger partial charge in [-0.1, -0.05) is 11.6 Å². The van der Waals surface area contributed by atoms with E-state index in [1.807, 2.05) is 0 Å². The predicted molar refractivity (Wildman–Crippen MR) is 112 cm³/mol. The van der Waals surface area contributed by atoms with Crippen molar-refractivity contribution >= 4 is 34.0 Å². The smallest absolute Gasteiger partial charge is 0.322 e. The number of nitrogens with one attached hydrogen (secondary N) is 1. The van der Waals surface area contributed by atoms with Gasteiger partial charge in [0.1, 0.15) is 5.03 Å². The van der Waals surface area contributed by atoms with Crippen molar-refractivity contribution in [3.05, 3.63) is 52.2 Å². The molecule has 4 nitrogen and oxygen atoms in total. The first-order valence-electron chi connectivity index (χ1n) is 9.77. The van der Waals surface area contributed by atoms with Crippen molar-refractivity contribution in [1.29, 1.82) is 0 Å². The minimum Gasteiger partial charge on any atom is -0.322 e. The number of nitrogens with zero attached hydrogens (tertiary/aromatic N) is 1. The van der Waals surface area contributed by atoms with Crippen molar-refractivity contribution in [2.75, 3.05) is 11.6 Å². The third-order valence-electron chi connectivity index (χ3n) is 5.37. The molecule has 0 saturated heterocycles. The van der Waals surface area contributed by atoms with Gasteiger partial charge in [0.05, 0.1) is 21.4 Å². The highest BCUT2D eigenvalue weighted by atomic mass is 35.5. The fourth-order valence-corrected chi connectivity index (χ4v) is 4.53. The molecule has 2 unspecified atom stereocenters. The van der Waals surface area contributed by atoms with Crippen LogP contribution in [-0.4, -0.2) is 27.3 Å². The van der Waals surface area contributed by atoms with Gasteiger partial charge in [0.2, 0.25) is 5.92 Å². The standard InChI is InChI=1S/C21H20ClF5N2O2S/c1-32(31)18-9-13(5-8-28-18)29-19(30)15-11-17(22)16(21(25,26)27)10-14(15)12-3-2-6-20(23,24)7-4-12/h5,8-12H,2-4,6-7H2,1H3,(H,28,29,30). The number of alkyl halides is 5. The van der Waals surface area contributed by atoms with E-state index in [0.29, 0.717) is 0 Å². The summed E-state index contributed by atoms with van der Waals surface area (Å²) in [6.45, 7) is 0. The Labute approximate surface area is 189 Å². The second-order valence-corrected chi connectivity index (χ2v) is 9.43. The van der Waals surface area contributed by atoms with E-state index >= 15 is 0 Å². The van der Waals surface area contributed by atoms with E-state index in [2.05, 4.69) is 10.3 Å². The molecule has 1 amide bonds. The first-order chi connectivity index (χ1) is 14.9. The third-order valence-corrected chi connectivity index (χ3v) is 6.49. The largest absolute Gasteiger partial charge is 0.417 e. The number of hydrogen-bond donors (Lipinski definition) is 1. The molecule has 1 aliphatic carbocycles. The Hall–Kier alpha value is -2.07. The maximum Gasteiger partial charge on any atom is 0.417 e. The van der Waals surface area contributed by atoms with Gasteiger partial charge >= 0.3 is 6.18 Å². The summed E-state index contributed by atoms with van der Waals surface area (Å²) in [6, 6.07) is 4.54. The summed E-state index contributed by atoms with van der Waals surface area (Å²) in [6.07, 6.45) is -2.55. The van der Waals surface area contributed by atoms with Crippen molar-refractivity contribution in [2.24, 2.45) is 0 Å². The van der Waals surface area contributed by atoms with Crippen LogP contribution in [0.3, 0.4) is 0 Å². The van der Waals surface area contributed by atoms with Crippen LogP contribution in [0.5, 0.6) is 0 Å². The number of anilines is 1. The molecule has 0 radical (unpaired) electrons. The van der Waals surface area contributed by atoms with E-state index in [-0.39, 0.29) is 47.5 Å². The van der Waals surface area contributed by atoms with Gasteiger partial charge in [-0.15, -0.1) is 0 Å². The number of benzene rings is 1. The van der Waals surface area contributed by atoms with E-state index in [4.69, 9.17) is 11.6 Å². The lowest BCUT2D eigenvalue weighted by molar-refractivity contribution is -0.137. The zero-order chi connectivity index (χ0) is 23.7. The van der Waals surface area contributed by atoms with Crippen molar-refractivity contribution < 1.29 is 31.0 Å². The molecule has 1 aromatic heterocycles. The van der Waals surface area contributed by atoms with Crippen LogP contribution in [0.25, 0.3) is 0 Å². The van der Waals surface area contributed by atoms with Crippen LogP contribution in [0, 0.1) is 0 Å². The Morgan fingerprint density at radius 1 is 1.22 bits per heavy atom. The molecule has 2 atom stereocenters. The molecule has 2 aromatic rings. The normalized spacial score (nSPS) is 19.8. The van der Waals surface area contributed by atoms with Crippen molar-refractivity contribution in [3.8, 4) is 0 Å². The summed E-state index contributed by atoms with van der Waals surface area (Å²) in [5.41, 5.74) is -0.960. The van der Waals surface area contributed by atoms with Crippen LogP contribution < -0.4 is 5.32 Å². The predicted octanol–water partition coefficient (Wildman–Crippen LogP) is 6.43. The van der Waals surface area contributed by atoms with Gasteiger partial charge in [-0.2, -0.15) is 13.2 Å². The van der Waals surface area contributed by atoms with E-state index in [1.165, 1.54) is 24.6 Å². The quantitative estimate of drug-likeness (QED) is 0.394. The van der Waals surface area contributed by atoms with Gasteiger partial charge in [-0.05, 0) is 55.0 Å². The number of rotatable bonds is 4. The van der Waals surface area contributed by atoms with Crippen molar-refractivity contribution in [2.45, 2.75) is 55.1 Å². The zero-order valence-electron chi connectivity index (χ0n) is 16.9. The SMILES string of the molecule is CS(=O)c1cc(NC(=O)c2cc(Cl)c(C(F)(F)F)cc2C2CCCC(F)(F)CC2)ccn1. The van der Waals surface area contributed by atoms with E-state index < -0.39 is 51.7 Å². The van der Waals surface area contributed by atoms with E-state index in [0.717, 1.165) is 12.1 Å². The number of carbonyl (C=O) groups is 1. The molecule has 11 heteroatoms. The highest BCUT2D eigenvalue weighted by Crippen LogP contribution is 2.43. The molecule has 32 heavy (non-hydrogen) atoms. The summed E-state index contributed by atoms with van der Waals surface area (Å²) in [5, 5.41) is 2.10. The minimum atomic E-state index is -4.76. The topological polar surface area (TPSA) is 59.1 Å². The van der Waals surface area contributed by atoms with Crippen LogP contribution in [0.4, 0.5) is 27.6 Å². The first kappa shape index (κ1) is 24.6. The first-order valence-corrected chi connectivity index (χ1v) is 11.7. The maximum absolute atomic E-state index is 13.8. The molecule has 3 rings (SSSR count). The molecule has 0 spiro atoms. The molecule has 1 N–H and O–H groups in total. The fraction of sp³-hybridized carbons (Fsp3) is 0.429. The van der Waals surface area contributed by atoms with Crippen LogP contribution in [0.1, 0.15) is 59.5 Å². The molecule has 174 valence electrons. The lowest BCUT2D eigenvalue weighted by Gasteiger charge is -2.21. The van der Waals surface area contributed by atoms with Crippen LogP contribution >= 0.6 is 11.6 Å².